The van der Waals surface area contributed by atoms with Crippen molar-refractivity contribution in [2.45, 2.75) is 53.5 Å². The second kappa shape index (κ2) is 5.28. The van der Waals surface area contributed by atoms with Crippen LogP contribution in [-0.4, -0.2) is 25.1 Å². The van der Waals surface area contributed by atoms with Crippen LogP contribution >= 0.6 is 0 Å². The lowest BCUT2D eigenvalue weighted by molar-refractivity contribution is -0.901. The largest absolute Gasteiger partial charge is 0.325 e. The molecule has 0 heterocycles. The quantitative estimate of drug-likeness (QED) is 0.695. The van der Waals surface area contributed by atoms with E-state index < -0.39 is 0 Å². The molecule has 0 aliphatic heterocycles. The fraction of sp³-hybridized carbons (Fsp3) is 0.667. The highest BCUT2D eigenvalue weighted by Crippen LogP contribution is 2.40. The summed E-state index contributed by atoms with van der Waals surface area (Å²) in [7, 11) is 4.57. The minimum absolute atomic E-state index is 0.195. The molecule has 108 valence electrons. The maximum absolute atomic E-state index is 2.34. The highest BCUT2D eigenvalue weighted by molar-refractivity contribution is 5.29. The first-order chi connectivity index (χ1) is 8.49. The van der Waals surface area contributed by atoms with Crippen molar-refractivity contribution in [2.24, 2.45) is 5.41 Å². The van der Waals surface area contributed by atoms with Gasteiger partial charge in [-0.05, 0) is 23.3 Å². The van der Waals surface area contributed by atoms with E-state index in [0.717, 1.165) is 17.6 Å². The zero-order valence-corrected chi connectivity index (χ0v) is 14.2. The first-order valence-electron chi connectivity index (χ1n) is 7.41. The molecule has 0 atom stereocenters. The number of nitrogens with zero attached hydrogens (tertiary/aromatic N) is 1. The molecule has 0 saturated carbocycles. The van der Waals surface area contributed by atoms with Gasteiger partial charge in [0.05, 0.1) is 20.6 Å². The van der Waals surface area contributed by atoms with Crippen molar-refractivity contribution in [2.75, 3.05) is 20.6 Å². The number of benzene rings is 1. The van der Waals surface area contributed by atoms with Gasteiger partial charge in [0, 0.05) is 5.56 Å². The van der Waals surface area contributed by atoms with Crippen molar-refractivity contribution in [1.82, 2.24) is 0 Å². The van der Waals surface area contributed by atoms with Crippen molar-refractivity contribution in [3.8, 4) is 0 Å². The smallest absolute Gasteiger partial charge is 0.104 e. The van der Waals surface area contributed by atoms with Crippen molar-refractivity contribution < 1.29 is 4.48 Å². The Labute approximate surface area is 120 Å². The van der Waals surface area contributed by atoms with E-state index in [1.165, 1.54) is 11.1 Å². The summed E-state index contributed by atoms with van der Waals surface area (Å²) in [5.41, 5.74) is 3.33. The summed E-state index contributed by atoms with van der Waals surface area (Å²) >= 11 is 0. The third-order valence-electron chi connectivity index (χ3n) is 5.02. The Morgan fingerprint density at radius 2 is 1.37 bits per heavy atom. The maximum atomic E-state index is 2.34. The van der Waals surface area contributed by atoms with Gasteiger partial charge in [-0.15, -0.1) is 0 Å². The molecule has 0 aliphatic carbocycles. The number of rotatable bonds is 4. The number of hydrogen-bond donors (Lipinski definition) is 0. The van der Waals surface area contributed by atoms with Gasteiger partial charge in [0.1, 0.15) is 6.54 Å². The SMILES string of the molecule is CC[N+](C)(C)Cc1ccc(C(C)(C)C(C)(C)C)cc1. The third kappa shape index (κ3) is 3.82. The maximum Gasteiger partial charge on any atom is 0.104 e. The summed E-state index contributed by atoms with van der Waals surface area (Å²) in [5.74, 6) is 0. The predicted octanol–water partition coefficient (Wildman–Crippen LogP) is 4.61. The second-order valence-electron chi connectivity index (χ2n) is 7.98. The van der Waals surface area contributed by atoms with Gasteiger partial charge >= 0.3 is 0 Å². The van der Waals surface area contributed by atoms with Crippen LogP contribution in [0.1, 0.15) is 52.7 Å². The lowest BCUT2D eigenvalue weighted by atomic mass is 9.65. The van der Waals surface area contributed by atoms with E-state index >= 15 is 0 Å². The normalized spacial score (nSPS) is 13.7. The Bertz CT molecular complexity index is 404. The molecule has 0 unspecified atom stereocenters. The predicted molar refractivity (Wildman–Crippen MR) is 85.3 cm³/mol. The third-order valence-corrected chi connectivity index (χ3v) is 5.02. The van der Waals surface area contributed by atoms with E-state index in [1.54, 1.807) is 0 Å². The van der Waals surface area contributed by atoms with Gasteiger partial charge in [-0.1, -0.05) is 58.9 Å². The first-order valence-corrected chi connectivity index (χ1v) is 7.41. The van der Waals surface area contributed by atoms with Crippen LogP contribution in [0.2, 0.25) is 0 Å². The molecular weight excluding hydrogens is 230 g/mol. The fourth-order valence-electron chi connectivity index (χ4n) is 2.07. The van der Waals surface area contributed by atoms with Crippen molar-refractivity contribution in [3.05, 3.63) is 35.4 Å². The minimum atomic E-state index is 0.195. The highest BCUT2D eigenvalue weighted by atomic mass is 15.3. The average molecular weight is 262 g/mol. The summed E-state index contributed by atoms with van der Waals surface area (Å²) in [5, 5.41) is 0. The van der Waals surface area contributed by atoms with Crippen LogP contribution in [-0.2, 0) is 12.0 Å². The Hall–Kier alpha value is -0.820. The lowest BCUT2D eigenvalue weighted by Crippen LogP contribution is -2.38. The molecule has 1 nitrogen and oxygen atoms in total. The van der Waals surface area contributed by atoms with E-state index in [-0.39, 0.29) is 10.8 Å². The van der Waals surface area contributed by atoms with Gasteiger partial charge in [-0.2, -0.15) is 0 Å². The van der Waals surface area contributed by atoms with Gasteiger partial charge in [0.25, 0.3) is 0 Å². The molecule has 1 aromatic rings. The molecule has 0 aliphatic rings. The molecule has 0 bridgehead atoms. The minimum Gasteiger partial charge on any atom is -0.325 e. The van der Waals surface area contributed by atoms with Crippen LogP contribution in [0.15, 0.2) is 24.3 Å². The van der Waals surface area contributed by atoms with Crippen molar-refractivity contribution in [1.29, 1.82) is 0 Å². The number of hydrogen-bond acceptors (Lipinski definition) is 0. The molecule has 1 rings (SSSR count). The Morgan fingerprint density at radius 1 is 0.895 bits per heavy atom. The summed E-state index contributed by atoms with van der Waals surface area (Å²) in [6.07, 6.45) is 0. The first kappa shape index (κ1) is 16.2. The molecule has 0 amide bonds. The van der Waals surface area contributed by atoms with E-state index in [9.17, 15) is 0 Å². The Morgan fingerprint density at radius 3 is 1.74 bits per heavy atom. The molecule has 1 heteroatoms. The molecule has 0 aromatic heterocycles. The van der Waals surface area contributed by atoms with Crippen LogP contribution in [0.3, 0.4) is 0 Å². The lowest BCUT2D eigenvalue weighted by Gasteiger charge is -2.39. The fourth-order valence-corrected chi connectivity index (χ4v) is 2.07. The molecule has 0 radical (unpaired) electrons. The van der Waals surface area contributed by atoms with Crippen LogP contribution in [0.4, 0.5) is 0 Å². The molecule has 1 aromatic carbocycles. The molecule has 0 spiro atoms. The summed E-state index contributed by atoms with van der Waals surface area (Å²) in [4.78, 5) is 0. The van der Waals surface area contributed by atoms with Crippen LogP contribution in [0.5, 0.6) is 0 Å². The van der Waals surface area contributed by atoms with Crippen LogP contribution in [0.25, 0.3) is 0 Å². The molecule has 0 N–H and O–H groups in total. The van der Waals surface area contributed by atoms with Gasteiger partial charge in [0.2, 0.25) is 0 Å². The number of quaternary nitrogens is 1. The van der Waals surface area contributed by atoms with Crippen molar-refractivity contribution in [3.63, 3.8) is 0 Å². The standard InChI is InChI=1S/C18H32N/c1-9-19(7,8)14-15-10-12-16(13-11-15)18(5,6)17(2,3)4/h10-13H,9,14H2,1-8H3/q+1. The van der Waals surface area contributed by atoms with E-state index in [2.05, 4.69) is 79.9 Å². The molecule has 19 heavy (non-hydrogen) atoms. The highest BCUT2D eigenvalue weighted by Gasteiger charge is 2.34. The molecule has 0 saturated heterocycles. The molecule has 0 fully saturated rings. The summed E-state index contributed by atoms with van der Waals surface area (Å²) in [6.45, 7) is 16.1. The Balaban J connectivity index is 2.95. The monoisotopic (exact) mass is 262 g/mol. The zero-order chi connectivity index (χ0) is 14.9. The summed E-state index contributed by atoms with van der Waals surface area (Å²) < 4.78 is 1.04. The van der Waals surface area contributed by atoms with E-state index in [1.807, 2.05) is 0 Å². The van der Waals surface area contributed by atoms with Gasteiger partial charge in [-0.25, -0.2) is 0 Å². The van der Waals surface area contributed by atoms with Crippen LogP contribution in [0, 0.1) is 5.41 Å². The van der Waals surface area contributed by atoms with E-state index in [0.29, 0.717) is 0 Å². The average Bonchev–Trinajstić information content (AvgIpc) is 2.28. The van der Waals surface area contributed by atoms with Gasteiger partial charge < -0.3 is 4.48 Å². The summed E-state index contributed by atoms with van der Waals surface area (Å²) in [6, 6.07) is 9.24. The topological polar surface area (TPSA) is 0 Å². The van der Waals surface area contributed by atoms with E-state index in [4.69, 9.17) is 0 Å². The zero-order valence-electron chi connectivity index (χ0n) is 14.2. The van der Waals surface area contributed by atoms with Gasteiger partial charge in [0.15, 0.2) is 0 Å². The van der Waals surface area contributed by atoms with Crippen molar-refractivity contribution >= 4 is 0 Å². The van der Waals surface area contributed by atoms with Gasteiger partial charge in [-0.3, -0.25) is 0 Å². The Kier molecular flexibility index (Phi) is 4.51. The van der Waals surface area contributed by atoms with Crippen LogP contribution < -0.4 is 0 Å². The molecular formula is C18H32N+. The second-order valence-corrected chi connectivity index (χ2v) is 7.98.